The lowest BCUT2D eigenvalue weighted by atomic mass is 10.2. The lowest BCUT2D eigenvalue weighted by Crippen LogP contribution is -2.34. The molecule has 0 saturated carbocycles. The lowest BCUT2D eigenvalue weighted by molar-refractivity contribution is 0.250. The topological polar surface area (TPSA) is 57.3 Å². The number of nitrogens with one attached hydrogen (secondary N) is 2. The number of carbonyl (C=O) groups excluding carboxylic acids is 1. The number of hydrogen-bond acceptors (Lipinski definition) is 3. The molecule has 2 aromatic rings. The number of benzene rings is 1. The third-order valence-electron chi connectivity index (χ3n) is 3.59. The molecule has 2 amide bonds. The van der Waals surface area contributed by atoms with Crippen molar-refractivity contribution in [2.45, 2.75) is 26.3 Å². The second-order valence-electron chi connectivity index (χ2n) is 5.69. The van der Waals surface area contributed by atoms with Gasteiger partial charge in [-0.25, -0.2) is 9.78 Å². The van der Waals surface area contributed by atoms with Crippen LogP contribution in [0.5, 0.6) is 0 Å². The third-order valence-corrected chi connectivity index (χ3v) is 3.59. The maximum atomic E-state index is 11.7. The van der Waals surface area contributed by atoms with Gasteiger partial charge in [0.05, 0.1) is 11.9 Å². The number of nitrogens with zero attached hydrogens (tertiary/aromatic N) is 2. The molecule has 1 aliphatic heterocycles. The highest BCUT2D eigenvalue weighted by Gasteiger charge is 2.20. The van der Waals surface area contributed by atoms with E-state index in [9.17, 15) is 4.79 Å². The summed E-state index contributed by atoms with van der Waals surface area (Å²) in [5.41, 5.74) is 3.26. The summed E-state index contributed by atoms with van der Waals surface area (Å²) in [7, 11) is 0. The van der Waals surface area contributed by atoms with E-state index in [1.54, 1.807) is 6.20 Å². The number of amides is 2. The maximum absolute atomic E-state index is 11.7. The van der Waals surface area contributed by atoms with E-state index >= 15 is 0 Å². The van der Waals surface area contributed by atoms with Crippen molar-refractivity contribution < 1.29 is 4.79 Å². The van der Waals surface area contributed by atoms with Gasteiger partial charge in [0.1, 0.15) is 5.82 Å². The fraction of sp³-hybridized carbons (Fsp3) is 0.294. The van der Waals surface area contributed by atoms with Crippen molar-refractivity contribution in [3.05, 3.63) is 48.2 Å². The van der Waals surface area contributed by atoms with E-state index in [1.807, 2.05) is 32.0 Å². The van der Waals surface area contributed by atoms with Crippen molar-refractivity contribution >= 4 is 23.2 Å². The Kier molecular flexibility index (Phi) is 3.96. The second kappa shape index (κ2) is 6.05. The highest BCUT2D eigenvalue weighted by Crippen LogP contribution is 2.33. The summed E-state index contributed by atoms with van der Waals surface area (Å²) in [4.78, 5) is 18.3. The van der Waals surface area contributed by atoms with Gasteiger partial charge in [0, 0.05) is 18.3 Å². The number of aromatic nitrogens is 1. The smallest absolute Gasteiger partial charge is 0.319 e. The van der Waals surface area contributed by atoms with Crippen LogP contribution in [-0.4, -0.2) is 23.6 Å². The van der Waals surface area contributed by atoms with Crippen LogP contribution in [0.15, 0.2) is 42.6 Å². The lowest BCUT2D eigenvalue weighted by Gasteiger charge is -2.18. The van der Waals surface area contributed by atoms with Crippen LogP contribution in [-0.2, 0) is 6.42 Å². The SMILES string of the molecule is CC(C)NC(=O)Nc1ccc(N2CCc3ccccc32)nc1. The average molecular weight is 296 g/mol. The molecule has 0 fully saturated rings. The van der Waals surface area contributed by atoms with Crippen LogP contribution >= 0.6 is 0 Å². The third kappa shape index (κ3) is 3.03. The van der Waals surface area contributed by atoms with Crippen LogP contribution in [0, 0.1) is 0 Å². The van der Waals surface area contributed by atoms with E-state index in [4.69, 9.17) is 0 Å². The molecule has 5 nitrogen and oxygen atoms in total. The minimum Gasteiger partial charge on any atom is -0.336 e. The largest absolute Gasteiger partial charge is 0.336 e. The number of anilines is 3. The minimum atomic E-state index is -0.212. The van der Waals surface area contributed by atoms with Crippen molar-refractivity contribution in [1.82, 2.24) is 10.3 Å². The van der Waals surface area contributed by atoms with Gasteiger partial charge in [-0.15, -0.1) is 0 Å². The van der Waals surface area contributed by atoms with E-state index in [-0.39, 0.29) is 12.1 Å². The highest BCUT2D eigenvalue weighted by atomic mass is 16.2. The zero-order valence-corrected chi connectivity index (χ0v) is 12.8. The van der Waals surface area contributed by atoms with Crippen molar-refractivity contribution in [2.75, 3.05) is 16.8 Å². The summed E-state index contributed by atoms with van der Waals surface area (Å²) >= 11 is 0. The Morgan fingerprint density at radius 1 is 1.23 bits per heavy atom. The van der Waals surface area contributed by atoms with Crippen molar-refractivity contribution in [1.29, 1.82) is 0 Å². The molecule has 2 heterocycles. The van der Waals surface area contributed by atoms with E-state index in [1.165, 1.54) is 11.3 Å². The molecule has 5 heteroatoms. The summed E-state index contributed by atoms with van der Waals surface area (Å²) in [5.74, 6) is 0.903. The van der Waals surface area contributed by atoms with Gasteiger partial charge in [-0.1, -0.05) is 18.2 Å². The number of urea groups is 1. The van der Waals surface area contributed by atoms with Gasteiger partial charge in [-0.3, -0.25) is 0 Å². The molecule has 0 unspecified atom stereocenters. The van der Waals surface area contributed by atoms with Gasteiger partial charge in [0.25, 0.3) is 0 Å². The van der Waals surface area contributed by atoms with Gasteiger partial charge in [-0.2, -0.15) is 0 Å². The molecule has 114 valence electrons. The Balaban J connectivity index is 1.72. The molecule has 0 spiro atoms. The number of fused-ring (bicyclic) bond motifs is 1. The fourth-order valence-corrected chi connectivity index (χ4v) is 2.63. The molecule has 1 aromatic heterocycles. The highest BCUT2D eigenvalue weighted by molar-refractivity contribution is 5.89. The molecule has 2 N–H and O–H groups in total. The van der Waals surface area contributed by atoms with Crippen molar-refractivity contribution in [3.8, 4) is 0 Å². The molecule has 0 radical (unpaired) electrons. The van der Waals surface area contributed by atoms with Crippen LogP contribution in [0.1, 0.15) is 19.4 Å². The Morgan fingerprint density at radius 2 is 2.05 bits per heavy atom. The molecular weight excluding hydrogens is 276 g/mol. The zero-order chi connectivity index (χ0) is 15.5. The van der Waals surface area contributed by atoms with Crippen LogP contribution in [0.4, 0.5) is 22.0 Å². The average Bonchev–Trinajstić information content (AvgIpc) is 2.91. The summed E-state index contributed by atoms with van der Waals surface area (Å²) in [5, 5.41) is 5.56. The van der Waals surface area contributed by atoms with Crippen molar-refractivity contribution in [3.63, 3.8) is 0 Å². The van der Waals surface area contributed by atoms with Crippen LogP contribution in [0.3, 0.4) is 0 Å². The first-order chi connectivity index (χ1) is 10.6. The molecule has 1 aromatic carbocycles. The molecular formula is C17H20N4O. The Morgan fingerprint density at radius 3 is 2.77 bits per heavy atom. The Hall–Kier alpha value is -2.56. The summed E-state index contributed by atoms with van der Waals surface area (Å²) in [6, 6.07) is 12.1. The Bertz CT molecular complexity index is 667. The predicted octanol–water partition coefficient (Wildman–Crippen LogP) is 3.31. The number of para-hydroxylation sites is 1. The van der Waals surface area contributed by atoms with E-state index in [2.05, 4.69) is 38.7 Å². The zero-order valence-electron chi connectivity index (χ0n) is 12.8. The number of hydrogen-bond donors (Lipinski definition) is 2. The first-order valence-electron chi connectivity index (χ1n) is 7.52. The first-order valence-corrected chi connectivity index (χ1v) is 7.52. The number of pyridine rings is 1. The summed E-state index contributed by atoms with van der Waals surface area (Å²) in [6.07, 6.45) is 2.73. The summed E-state index contributed by atoms with van der Waals surface area (Å²) < 4.78 is 0. The van der Waals surface area contributed by atoms with Gasteiger partial charge in [-0.05, 0) is 44.0 Å². The first kappa shape index (κ1) is 14.4. The van der Waals surface area contributed by atoms with E-state index in [0.29, 0.717) is 5.69 Å². The van der Waals surface area contributed by atoms with Gasteiger partial charge < -0.3 is 15.5 Å². The normalized spacial score (nSPS) is 13.1. The van der Waals surface area contributed by atoms with E-state index in [0.717, 1.165) is 18.8 Å². The molecule has 22 heavy (non-hydrogen) atoms. The molecule has 3 rings (SSSR count). The fourth-order valence-electron chi connectivity index (χ4n) is 2.63. The quantitative estimate of drug-likeness (QED) is 0.913. The van der Waals surface area contributed by atoms with Gasteiger partial charge >= 0.3 is 6.03 Å². The van der Waals surface area contributed by atoms with Gasteiger partial charge in [0.15, 0.2) is 0 Å². The second-order valence-corrected chi connectivity index (χ2v) is 5.69. The Labute approximate surface area is 130 Å². The maximum Gasteiger partial charge on any atom is 0.319 e. The standard InChI is InChI=1S/C17H20N4O/c1-12(2)19-17(22)20-14-7-8-16(18-11-14)21-10-9-13-5-3-4-6-15(13)21/h3-8,11-12H,9-10H2,1-2H3,(H2,19,20,22). The van der Waals surface area contributed by atoms with E-state index < -0.39 is 0 Å². The van der Waals surface area contributed by atoms with Crippen LogP contribution in [0.25, 0.3) is 0 Å². The molecule has 0 saturated heterocycles. The summed E-state index contributed by atoms with van der Waals surface area (Å²) in [6.45, 7) is 4.78. The molecule has 0 aliphatic carbocycles. The van der Waals surface area contributed by atoms with Crippen LogP contribution in [0.2, 0.25) is 0 Å². The number of carbonyl (C=O) groups is 1. The minimum absolute atomic E-state index is 0.105. The van der Waals surface area contributed by atoms with Crippen LogP contribution < -0.4 is 15.5 Å². The molecule has 0 bridgehead atoms. The molecule has 1 aliphatic rings. The molecule has 0 atom stereocenters. The van der Waals surface area contributed by atoms with Gasteiger partial charge in [0.2, 0.25) is 0 Å². The monoisotopic (exact) mass is 296 g/mol. The number of rotatable bonds is 3. The predicted molar refractivity (Wildman–Crippen MR) is 88.7 cm³/mol. The van der Waals surface area contributed by atoms with Crippen molar-refractivity contribution in [2.24, 2.45) is 0 Å².